The van der Waals surface area contributed by atoms with Crippen LogP contribution in [0.1, 0.15) is 24.5 Å². The van der Waals surface area contributed by atoms with E-state index in [9.17, 15) is 0 Å². The number of rotatable bonds is 4. The predicted octanol–water partition coefficient (Wildman–Crippen LogP) is 4.35. The summed E-state index contributed by atoms with van der Waals surface area (Å²) >= 11 is 0. The fourth-order valence-electron chi connectivity index (χ4n) is 4.00. The first-order valence-corrected chi connectivity index (χ1v) is 8.37. The van der Waals surface area contributed by atoms with E-state index in [0.29, 0.717) is 0 Å². The summed E-state index contributed by atoms with van der Waals surface area (Å²) in [5.41, 5.74) is 5.49. The van der Waals surface area contributed by atoms with E-state index in [1.165, 1.54) is 22.4 Å². The summed E-state index contributed by atoms with van der Waals surface area (Å²) in [6, 6.07) is 17.1. The molecule has 0 aromatic heterocycles. The van der Waals surface area contributed by atoms with E-state index < -0.39 is 0 Å². The quantitative estimate of drug-likeness (QED) is 0.779. The number of ether oxygens (including phenoxy) is 1. The molecule has 0 saturated carbocycles. The van der Waals surface area contributed by atoms with Gasteiger partial charge >= 0.3 is 0 Å². The fourth-order valence-corrected chi connectivity index (χ4v) is 4.00. The Kier molecular flexibility index (Phi) is 3.41. The fraction of sp³-hybridized carbons (Fsp3) is 0.333. The lowest BCUT2D eigenvalue weighted by Gasteiger charge is -2.27. The predicted molar refractivity (Wildman–Crippen MR) is 95.4 cm³/mol. The van der Waals surface area contributed by atoms with Gasteiger partial charge in [0.15, 0.2) is 0 Å². The van der Waals surface area contributed by atoms with Gasteiger partial charge in [-0.1, -0.05) is 55.5 Å². The largest absolute Gasteiger partial charge is 0.492 e. The zero-order chi connectivity index (χ0) is 15.9. The molecular weight excluding hydrogens is 282 g/mol. The van der Waals surface area contributed by atoms with Crippen molar-refractivity contribution in [3.63, 3.8) is 0 Å². The number of para-hydroxylation sites is 2. The average molecular weight is 305 g/mol. The molecule has 0 amide bonds. The van der Waals surface area contributed by atoms with Crippen molar-refractivity contribution in [2.24, 2.45) is 0 Å². The second kappa shape index (κ2) is 5.45. The molecule has 2 heterocycles. The molecule has 2 aromatic rings. The molecule has 0 fully saturated rings. The van der Waals surface area contributed by atoms with Crippen molar-refractivity contribution in [3.8, 4) is 5.75 Å². The molecular formula is C21H23NO. The number of nitrogens with zero attached hydrogens (tertiary/aromatic N) is 1. The molecule has 2 aliphatic rings. The molecule has 2 heteroatoms. The van der Waals surface area contributed by atoms with Gasteiger partial charge in [0.1, 0.15) is 5.75 Å². The lowest BCUT2D eigenvalue weighted by molar-refractivity contribution is 0.276. The smallest absolute Gasteiger partial charge is 0.123 e. The van der Waals surface area contributed by atoms with E-state index in [4.69, 9.17) is 4.74 Å². The van der Waals surface area contributed by atoms with Crippen LogP contribution in [0.2, 0.25) is 0 Å². The summed E-state index contributed by atoms with van der Waals surface area (Å²) in [6.45, 7) is 9.46. The van der Waals surface area contributed by atoms with Crippen LogP contribution >= 0.6 is 0 Å². The molecule has 0 bridgehead atoms. The van der Waals surface area contributed by atoms with Crippen molar-refractivity contribution in [1.82, 2.24) is 0 Å². The van der Waals surface area contributed by atoms with E-state index >= 15 is 0 Å². The van der Waals surface area contributed by atoms with Gasteiger partial charge in [-0.25, -0.2) is 0 Å². The zero-order valence-corrected chi connectivity index (χ0v) is 13.7. The third-order valence-corrected chi connectivity index (χ3v) is 5.12. The van der Waals surface area contributed by atoms with Crippen LogP contribution in [-0.4, -0.2) is 19.7 Å². The summed E-state index contributed by atoms with van der Waals surface area (Å²) in [5, 5.41) is 0. The number of fused-ring (bicyclic) bond motifs is 2. The van der Waals surface area contributed by atoms with Gasteiger partial charge in [0.2, 0.25) is 0 Å². The van der Waals surface area contributed by atoms with Crippen molar-refractivity contribution in [2.75, 3.05) is 24.6 Å². The Morgan fingerprint density at radius 1 is 1.17 bits per heavy atom. The normalized spacial score (nSPS) is 21.7. The lowest BCUT2D eigenvalue weighted by atomic mass is 9.79. The molecule has 0 N–H and O–H groups in total. The van der Waals surface area contributed by atoms with Gasteiger partial charge in [0.05, 0.1) is 6.61 Å². The van der Waals surface area contributed by atoms with Gasteiger partial charge in [0.25, 0.3) is 0 Å². The second-order valence-electron chi connectivity index (χ2n) is 7.07. The van der Waals surface area contributed by atoms with Gasteiger partial charge in [-0.2, -0.15) is 0 Å². The summed E-state index contributed by atoms with van der Waals surface area (Å²) in [6.07, 6.45) is 2.12. The van der Waals surface area contributed by atoms with Gasteiger partial charge in [-0.15, -0.1) is 0 Å². The van der Waals surface area contributed by atoms with E-state index in [1.807, 2.05) is 6.07 Å². The number of hydrogen-bond acceptors (Lipinski definition) is 2. The van der Waals surface area contributed by atoms with Gasteiger partial charge in [-0.05, 0) is 30.5 Å². The Morgan fingerprint density at radius 3 is 2.87 bits per heavy atom. The highest BCUT2D eigenvalue weighted by atomic mass is 16.5. The topological polar surface area (TPSA) is 12.5 Å². The summed E-state index contributed by atoms with van der Waals surface area (Å²) in [5.74, 6) is 1.04. The Balaban J connectivity index is 1.48. The maximum atomic E-state index is 5.89. The minimum absolute atomic E-state index is 0.0485. The SMILES string of the molecule is C=C(CN1CCc2ccccc21)CC1(C)COc2ccccc21. The molecule has 0 saturated heterocycles. The Bertz CT molecular complexity index is 751. The van der Waals surface area contributed by atoms with E-state index in [2.05, 4.69) is 60.9 Å². The van der Waals surface area contributed by atoms with Crippen LogP contribution in [0.3, 0.4) is 0 Å². The first kappa shape index (κ1) is 14.4. The van der Waals surface area contributed by atoms with Gasteiger partial charge < -0.3 is 9.64 Å². The molecule has 1 unspecified atom stereocenters. The molecule has 4 rings (SSSR count). The summed E-state index contributed by atoms with van der Waals surface area (Å²) in [7, 11) is 0. The first-order chi connectivity index (χ1) is 11.2. The molecule has 0 radical (unpaired) electrons. The van der Waals surface area contributed by atoms with Crippen LogP contribution in [0.25, 0.3) is 0 Å². The van der Waals surface area contributed by atoms with E-state index in [-0.39, 0.29) is 5.41 Å². The first-order valence-electron chi connectivity index (χ1n) is 8.37. The van der Waals surface area contributed by atoms with Crippen LogP contribution in [0.5, 0.6) is 5.75 Å². The summed E-state index contributed by atoms with van der Waals surface area (Å²) < 4.78 is 5.89. The van der Waals surface area contributed by atoms with E-state index in [0.717, 1.165) is 38.3 Å². The van der Waals surface area contributed by atoms with Gasteiger partial charge in [0, 0.05) is 29.8 Å². The Labute approximate surface area is 138 Å². The molecule has 1 atom stereocenters. The third-order valence-electron chi connectivity index (χ3n) is 5.12. The maximum Gasteiger partial charge on any atom is 0.123 e. The van der Waals surface area contributed by atoms with Crippen LogP contribution in [0.4, 0.5) is 5.69 Å². The minimum Gasteiger partial charge on any atom is -0.492 e. The van der Waals surface area contributed by atoms with Crippen LogP contribution < -0.4 is 9.64 Å². The van der Waals surface area contributed by atoms with Crippen molar-refractivity contribution in [3.05, 3.63) is 71.8 Å². The number of hydrogen-bond donors (Lipinski definition) is 0. The second-order valence-corrected chi connectivity index (χ2v) is 7.07. The Morgan fingerprint density at radius 2 is 1.96 bits per heavy atom. The van der Waals surface area contributed by atoms with E-state index in [1.54, 1.807) is 0 Å². The van der Waals surface area contributed by atoms with Crippen molar-refractivity contribution in [2.45, 2.75) is 25.2 Å². The van der Waals surface area contributed by atoms with Crippen molar-refractivity contribution in [1.29, 1.82) is 0 Å². The number of anilines is 1. The van der Waals surface area contributed by atoms with Crippen molar-refractivity contribution >= 4 is 5.69 Å². The van der Waals surface area contributed by atoms with Crippen molar-refractivity contribution < 1.29 is 4.74 Å². The highest BCUT2D eigenvalue weighted by Crippen LogP contribution is 2.42. The minimum atomic E-state index is 0.0485. The highest BCUT2D eigenvalue weighted by molar-refractivity contribution is 5.58. The highest BCUT2D eigenvalue weighted by Gasteiger charge is 2.36. The maximum absolute atomic E-state index is 5.89. The van der Waals surface area contributed by atoms with Crippen LogP contribution in [-0.2, 0) is 11.8 Å². The molecule has 118 valence electrons. The van der Waals surface area contributed by atoms with Crippen LogP contribution in [0, 0.1) is 0 Å². The lowest BCUT2D eigenvalue weighted by Crippen LogP contribution is -2.29. The molecule has 23 heavy (non-hydrogen) atoms. The average Bonchev–Trinajstić information content (AvgIpc) is 3.10. The van der Waals surface area contributed by atoms with Crippen LogP contribution in [0.15, 0.2) is 60.7 Å². The standard InChI is InChI=1S/C21H23NO/c1-16(14-22-12-11-17-7-3-5-9-19(17)22)13-21(2)15-23-20-10-6-4-8-18(20)21/h3-10H,1,11-15H2,2H3. The third kappa shape index (κ3) is 2.52. The summed E-state index contributed by atoms with van der Waals surface area (Å²) in [4.78, 5) is 2.46. The molecule has 2 aromatic carbocycles. The number of benzene rings is 2. The monoisotopic (exact) mass is 305 g/mol. The zero-order valence-electron chi connectivity index (χ0n) is 13.7. The van der Waals surface area contributed by atoms with Gasteiger partial charge in [-0.3, -0.25) is 0 Å². The molecule has 2 aliphatic heterocycles. The molecule has 0 aliphatic carbocycles. The molecule has 2 nitrogen and oxygen atoms in total. The Hall–Kier alpha value is -2.22. The molecule has 0 spiro atoms.